The molecule has 1 aromatic carbocycles. The highest BCUT2D eigenvalue weighted by Crippen LogP contribution is 2.32. The standard InChI is InChI=1S/C18H24O3/c1-16(2,10-19)13-7-14(17(3,4)11-20)9-15(8-13)18(5,6)12-21/h7-12H,1-6H3. The number of hydrogen-bond acceptors (Lipinski definition) is 3. The molecule has 0 fully saturated rings. The highest BCUT2D eigenvalue weighted by Gasteiger charge is 2.29. The monoisotopic (exact) mass is 288 g/mol. The molecule has 21 heavy (non-hydrogen) atoms. The van der Waals surface area contributed by atoms with Crippen LogP contribution in [-0.2, 0) is 30.6 Å². The maximum Gasteiger partial charge on any atom is 0.129 e. The Kier molecular flexibility index (Phi) is 4.57. The van der Waals surface area contributed by atoms with Gasteiger partial charge in [-0.15, -0.1) is 0 Å². The highest BCUT2D eigenvalue weighted by atomic mass is 16.1. The van der Waals surface area contributed by atoms with Crippen LogP contribution in [0.4, 0.5) is 0 Å². The van der Waals surface area contributed by atoms with Gasteiger partial charge in [-0.2, -0.15) is 0 Å². The third-order valence-corrected chi connectivity index (χ3v) is 4.05. The van der Waals surface area contributed by atoms with Gasteiger partial charge in [-0.05, 0) is 58.2 Å². The van der Waals surface area contributed by atoms with Crippen molar-refractivity contribution in [1.82, 2.24) is 0 Å². The van der Waals surface area contributed by atoms with E-state index in [0.29, 0.717) is 0 Å². The van der Waals surface area contributed by atoms with E-state index in [1.807, 2.05) is 59.7 Å². The van der Waals surface area contributed by atoms with Crippen molar-refractivity contribution in [1.29, 1.82) is 0 Å². The summed E-state index contributed by atoms with van der Waals surface area (Å²) in [6.45, 7) is 10.9. The Bertz CT molecular complexity index is 473. The molecule has 0 heterocycles. The average molecular weight is 288 g/mol. The second kappa shape index (κ2) is 5.55. The van der Waals surface area contributed by atoms with Crippen molar-refractivity contribution >= 4 is 18.9 Å². The molecular weight excluding hydrogens is 264 g/mol. The van der Waals surface area contributed by atoms with Gasteiger partial charge in [0.1, 0.15) is 18.9 Å². The lowest BCUT2D eigenvalue weighted by Gasteiger charge is -2.27. The van der Waals surface area contributed by atoms with Crippen molar-refractivity contribution < 1.29 is 14.4 Å². The van der Waals surface area contributed by atoms with E-state index in [0.717, 1.165) is 35.5 Å². The van der Waals surface area contributed by atoms with Crippen LogP contribution >= 0.6 is 0 Å². The van der Waals surface area contributed by atoms with Gasteiger partial charge < -0.3 is 14.4 Å². The fourth-order valence-corrected chi connectivity index (χ4v) is 1.95. The van der Waals surface area contributed by atoms with Gasteiger partial charge in [0.2, 0.25) is 0 Å². The molecule has 114 valence electrons. The van der Waals surface area contributed by atoms with Crippen molar-refractivity contribution in [2.45, 2.75) is 57.8 Å². The van der Waals surface area contributed by atoms with Gasteiger partial charge in [-0.1, -0.05) is 18.2 Å². The van der Waals surface area contributed by atoms with Gasteiger partial charge in [0.25, 0.3) is 0 Å². The Morgan fingerprint density at radius 3 is 0.905 bits per heavy atom. The number of rotatable bonds is 6. The summed E-state index contributed by atoms with van der Waals surface area (Å²) in [5, 5.41) is 0. The largest absolute Gasteiger partial charge is 0.302 e. The zero-order valence-electron chi connectivity index (χ0n) is 13.7. The third kappa shape index (κ3) is 3.46. The van der Waals surface area contributed by atoms with Gasteiger partial charge in [-0.3, -0.25) is 0 Å². The molecule has 0 N–H and O–H groups in total. The second-order valence-electron chi connectivity index (χ2n) is 7.32. The quantitative estimate of drug-likeness (QED) is 0.756. The molecule has 0 aromatic heterocycles. The summed E-state index contributed by atoms with van der Waals surface area (Å²) >= 11 is 0. The first kappa shape index (κ1) is 17.3. The van der Waals surface area contributed by atoms with E-state index in [1.165, 1.54) is 0 Å². The molecule has 0 aliphatic rings. The number of aldehydes is 3. The molecule has 0 atom stereocenters. The summed E-state index contributed by atoms with van der Waals surface area (Å²) in [7, 11) is 0. The molecule has 0 saturated heterocycles. The topological polar surface area (TPSA) is 51.2 Å². The minimum absolute atomic E-state index is 0.664. The first-order valence-electron chi connectivity index (χ1n) is 7.06. The summed E-state index contributed by atoms with van der Waals surface area (Å²) < 4.78 is 0. The van der Waals surface area contributed by atoms with E-state index in [-0.39, 0.29) is 0 Å². The SMILES string of the molecule is CC(C)(C=O)c1cc(C(C)(C)C=O)cc(C(C)(C)C=O)c1. The first-order valence-corrected chi connectivity index (χ1v) is 7.06. The van der Waals surface area contributed by atoms with E-state index in [9.17, 15) is 14.4 Å². The smallest absolute Gasteiger partial charge is 0.129 e. The van der Waals surface area contributed by atoms with Crippen LogP contribution in [0.25, 0.3) is 0 Å². The van der Waals surface area contributed by atoms with Gasteiger partial charge in [0.05, 0.1) is 0 Å². The van der Waals surface area contributed by atoms with Crippen LogP contribution in [0.2, 0.25) is 0 Å². The molecule has 1 aromatic rings. The minimum Gasteiger partial charge on any atom is -0.302 e. The summed E-state index contributed by atoms with van der Waals surface area (Å²) in [6, 6.07) is 5.65. The Balaban J connectivity index is 3.66. The molecule has 0 radical (unpaired) electrons. The van der Waals surface area contributed by atoms with Gasteiger partial charge in [0.15, 0.2) is 0 Å². The maximum absolute atomic E-state index is 11.3. The molecule has 0 aliphatic heterocycles. The molecule has 3 heteroatoms. The van der Waals surface area contributed by atoms with Crippen LogP contribution in [0.5, 0.6) is 0 Å². The molecule has 1 rings (SSSR count). The Hall–Kier alpha value is -1.77. The number of carbonyl (C=O) groups is 3. The predicted molar refractivity (Wildman–Crippen MR) is 83.7 cm³/mol. The van der Waals surface area contributed by atoms with Crippen molar-refractivity contribution in [3.63, 3.8) is 0 Å². The van der Waals surface area contributed by atoms with Crippen LogP contribution in [0.15, 0.2) is 18.2 Å². The van der Waals surface area contributed by atoms with E-state index >= 15 is 0 Å². The number of benzene rings is 1. The molecule has 0 aliphatic carbocycles. The first-order chi connectivity index (χ1) is 9.50. The fourth-order valence-electron chi connectivity index (χ4n) is 1.95. The lowest BCUT2D eigenvalue weighted by Crippen LogP contribution is -2.26. The summed E-state index contributed by atoms with van der Waals surface area (Å²) in [6.07, 6.45) is 2.66. The van der Waals surface area contributed by atoms with Crippen LogP contribution in [0, 0.1) is 0 Å². The molecule has 0 amide bonds. The normalized spacial score (nSPS) is 12.9. The van der Waals surface area contributed by atoms with E-state index < -0.39 is 16.2 Å². The second-order valence-corrected chi connectivity index (χ2v) is 7.32. The molecule has 3 nitrogen and oxygen atoms in total. The zero-order chi connectivity index (χ0) is 16.5. The van der Waals surface area contributed by atoms with Crippen molar-refractivity contribution in [3.05, 3.63) is 34.9 Å². The Morgan fingerprint density at radius 2 is 0.762 bits per heavy atom. The van der Waals surface area contributed by atoms with Crippen LogP contribution in [0.1, 0.15) is 58.2 Å². The Morgan fingerprint density at radius 1 is 0.571 bits per heavy atom. The number of carbonyl (C=O) groups excluding carboxylic acids is 3. The van der Waals surface area contributed by atoms with Gasteiger partial charge in [-0.25, -0.2) is 0 Å². The highest BCUT2D eigenvalue weighted by molar-refractivity contribution is 5.73. The summed E-state index contributed by atoms with van der Waals surface area (Å²) in [4.78, 5) is 34.0. The molecule has 0 bridgehead atoms. The van der Waals surface area contributed by atoms with E-state index in [2.05, 4.69) is 0 Å². The lowest BCUT2D eigenvalue weighted by molar-refractivity contribution is -0.112. The summed E-state index contributed by atoms with van der Waals surface area (Å²) in [5.41, 5.74) is 0.452. The molecular formula is C18H24O3. The third-order valence-electron chi connectivity index (χ3n) is 4.05. The number of hydrogen-bond donors (Lipinski definition) is 0. The van der Waals surface area contributed by atoms with Crippen molar-refractivity contribution in [3.8, 4) is 0 Å². The van der Waals surface area contributed by atoms with Crippen molar-refractivity contribution in [2.75, 3.05) is 0 Å². The van der Waals surface area contributed by atoms with Crippen LogP contribution in [-0.4, -0.2) is 18.9 Å². The van der Waals surface area contributed by atoms with E-state index in [4.69, 9.17) is 0 Å². The minimum atomic E-state index is -0.664. The zero-order valence-corrected chi connectivity index (χ0v) is 13.7. The molecule has 0 unspecified atom stereocenters. The van der Waals surface area contributed by atoms with Crippen molar-refractivity contribution in [2.24, 2.45) is 0 Å². The van der Waals surface area contributed by atoms with Crippen LogP contribution < -0.4 is 0 Å². The maximum atomic E-state index is 11.3. The average Bonchev–Trinajstić information content (AvgIpc) is 2.46. The Labute approximate surface area is 126 Å². The predicted octanol–water partition coefficient (Wildman–Crippen LogP) is 3.12. The lowest BCUT2D eigenvalue weighted by atomic mass is 9.75. The van der Waals surface area contributed by atoms with E-state index in [1.54, 1.807) is 0 Å². The van der Waals surface area contributed by atoms with Crippen LogP contribution in [0.3, 0.4) is 0 Å². The fraction of sp³-hybridized carbons (Fsp3) is 0.500. The molecule has 0 spiro atoms. The van der Waals surface area contributed by atoms with Gasteiger partial charge >= 0.3 is 0 Å². The summed E-state index contributed by atoms with van der Waals surface area (Å²) in [5.74, 6) is 0. The van der Waals surface area contributed by atoms with Gasteiger partial charge in [0, 0.05) is 16.2 Å². The molecule has 0 saturated carbocycles.